The number of benzene rings is 1. The fourth-order valence-electron chi connectivity index (χ4n) is 2.07. The molecule has 0 aromatic heterocycles. The van der Waals surface area contributed by atoms with Gasteiger partial charge in [-0.15, -0.1) is 0 Å². The standard InChI is InChI=1S/C14H19NO4.C10H18O5/c1-14(2,3)19-13(17)15-9-10-7-5-6-8-11(10)12(16)18-4;1-9(2,3)14-7(11)13-8(12)15-10(4,5)6/h5-8H,9H2,1-4H3,(H,15,17);1-6H3. The van der Waals surface area contributed by atoms with Crippen molar-refractivity contribution in [2.24, 2.45) is 0 Å². The van der Waals surface area contributed by atoms with Crippen molar-refractivity contribution in [1.82, 2.24) is 5.32 Å². The van der Waals surface area contributed by atoms with Crippen molar-refractivity contribution in [2.45, 2.75) is 85.7 Å². The minimum absolute atomic E-state index is 0.209. The average Bonchev–Trinajstić information content (AvgIpc) is 2.61. The molecule has 1 aromatic carbocycles. The van der Waals surface area contributed by atoms with E-state index >= 15 is 0 Å². The van der Waals surface area contributed by atoms with Gasteiger partial charge in [0.15, 0.2) is 0 Å². The summed E-state index contributed by atoms with van der Waals surface area (Å²) in [6, 6.07) is 6.93. The van der Waals surface area contributed by atoms with E-state index in [0.29, 0.717) is 11.1 Å². The first kappa shape index (κ1) is 30.7. The van der Waals surface area contributed by atoms with Crippen LogP contribution in [0.1, 0.15) is 78.2 Å². The Morgan fingerprint density at radius 1 is 0.735 bits per heavy atom. The van der Waals surface area contributed by atoms with Gasteiger partial charge in [0.2, 0.25) is 0 Å². The van der Waals surface area contributed by atoms with E-state index in [4.69, 9.17) is 14.2 Å². The van der Waals surface area contributed by atoms with Gasteiger partial charge in [0.05, 0.1) is 12.7 Å². The lowest BCUT2D eigenvalue weighted by Crippen LogP contribution is -2.32. The number of amides is 1. The Balaban J connectivity index is 0.000000661. The van der Waals surface area contributed by atoms with E-state index in [1.54, 1.807) is 86.6 Å². The van der Waals surface area contributed by atoms with Gasteiger partial charge in [0.25, 0.3) is 0 Å². The van der Waals surface area contributed by atoms with Crippen molar-refractivity contribution >= 4 is 24.4 Å². The summed E-state index contributed by atoms with van der Waals surface area (Å²) < 4.78 is 23.6. The van der Waals surface area contributed by atoms with Gasteiger partial charge >= 0.3 is 24.4 Å². The van der Waals surface area contributed by atoms with Crippen molar-refractivity contribution < 1.29 is 42.9 Å². The van der Waals surface area contributed by atoms with Crippen LogP contribution in [-0.4, -0.2) is 48.3 Å². The molecular formula is C24H37NO9. The number of carbonyl (C=O) groups is 4. The smallest absolute Gasteiger partial charge is 0.465 e. The van der Waals surface area contributed by atoms with Crippen LogP contribution in [0.25, 0.3) is 0 Å². The fourth-order valence-corrected chi connectivity index (χ4v) is 2.07. The third-order valence-corrected chi connectivity index (χ3v) is 3.19. The van der Waals surface area contributed by atoms with Gasteiger partial charge in [-0.3, -0.25) is 0 Å². The van der Waals surface area contributed by atoms with E-state index in [0.717, 1.165) is 0 Å². The summed E-state index contributed by atoms with van der Waals surface area (Å²) in [5.41, 5.74) is -0.828. The number of hydrogen-bond acceptors (Lipinski definition) is 9. The summed E-state index contributed by atoms with van der Waals surface area (Å²) in [6.45, 7) is 15.6. The summed E-state index contributed by atoms with van der Waals surface area (Å²) in [7, 11) is 1.32. The van der Waals surface area contributed by atoms with Crippen molar-refractivity contribution in [1.29, 1.82) is 0 Å². The number of carbonyl (C=O) groups excluding carboxylic acids is 4. The topological polar surface area (TPSA) is 126 Å². The predicted molar refractivity (Wildman–Crippen MR) is 124 cm³/mol. The first-order chi connectivity index (χ1) is 15.3. The maximum atomic E-state index is 11.5. The highest BCUT2D eigenvalue weighted by Gasteiger charge is 2.24. The number of ether oxygens (including phenoxy) is 5. The largest absolute Gasteiger partial charge is 0.519 e. The number of alkyl carbamates (subject to hydrolysis) is 1. The Bertz CT molecular complexity index is 817. The molecule has 0 bridgehead atoms. The lowest BCUT2D eigenvalue weighted by atomic mass is 10.1. The van der Waals surface area contributed by atoms with Gasteiger partial charge in [-0.25, -0.2) is 19.2 Å². The summed E-state index contributed by atoms with van der Waals surface area (Å²) in [6.07, 6.45) is -2.64. The second-order valence-corrected chi connectivity index (χ2v) is 10.0. The molecule has 0 spiro atoms. The van der Waals surface area contributed by atoms with Crippen LogP contribution in [0.2, 0.25) is 0 Å². The maximum Gasteiger partial charge on any atom is 0.519 e. The van der Waals surface area contributed by atoms with Gasteiger partial charge < -0.3 is 29.0 Å². The number of esters is 1. The Hall–Kier alpha value is -3.30. The van der Waals surface area contributed by atoms with E-state index in [1.165, 1.54) is 7.11 Å². The van der Waals surface area contributed by atoms with Crippen molar-refractivity contribution in [3.63, 3.8) is 0 Å². The first-order valence-corrected chi connectivity index (χ1v) is 10.6. The Kier molecular flexibility index (Phi) is 11.6. The predicted octanol–water partition coefficient (Wildman–Crippen LogP) is 5.37. The molecule has 1 rings (SSSR count). The maximum absolute atomic E-state index is 11.5. The van der Waals surface area contributed by atoms with Crippen LogP contribution in [0.5, 0.6) is 0 Å². The molecule has 0 aliphatic carbocycles. The number of rotatable bonds is 3. The highest BCUT2D eigenvalue weighted by atomic mass is 16.8. The molecule has 0 heterocycles. The van der Waals surface area contributed by atoms with Crippen LogP contribution < -0.4 is 5.32 Å². The van der Waals surface area contributed by atoms with Gasteiger partial charge in [-0.2, -0.15) is 0 Å². The quantitative estimate of drug-likeness (QED) is 0.343. The molecule has 0 saturated carbocycles. The molecule has 0 aliphatic heterocycles. The lowest BCUT2D eigenvalue weighted by Gasteiger charge is -2.20. The second-order valence-electron chi connectivity index (χ2n) is 10.0. The normalized spacial score (nSPS) is 11.2. The van der Waals surface area contributed by atoms with Crippen LogP contribution in [0.15, 0.2) is 24.3 Å². The second kappa shape index (κ2) is 12.8. The van der Waals surface area contributed by atoms with Crippen LogP contribution >= 0.6 is 0 Å². The molecule has 10 heteroatoms. The van der Waals surface area contributed by atoms with E-state index in [2.05, 4.69) is 14.8 Å². The molecule has 0 aliphatic rings. The van der Waals surface area contributed by atoms with E-state index in [1.807, 2.05) is 0 Å². The van der Waals surface area contributed by atoms with Crippen molar-refractivity contribution in [3.05, 3.63) is 35.4 Å². The molecule has 10 nitrogen and oxygen atoms in total. The summed E-state index contributed by atoms with van der Waals surface area (Å²) in [4.78, 5) is 45.1. The van der Waals surface area contributed by atoms with E-state index in [-0.39, 0.29) is 6.54 Å². The molecule has 1 N–H and O–H groups in total. The number of nitrogens with one attached hydrogen (secondary N) is 1. The minimum atomic E-state index is -1.06. The molecule has 0 atom stereocenters. The SMILES string of the molecule is CC(C)(C)OC(=O)OC(=O)OC(C)(C)C.COC(=O)c1ccccc1CNC(=O)OC(C)(C)C. The van der Waals surface area contributed by atoms with Crippen LogP contribution in [0.4, 0.5) is 14.4 Å². The van der Waals surface area contributed by atoms with Gasteiger partial charge in [-0.1, -0.05) is 18.2 Å². The molecule has 0 radical (unpaired) electrons. The molecule has 1 aromatic rings. The zero-order valence-corrected chi connectivity index (χ0v) is 21.7. The molecule has 192 valence electrons. The minimum Gasteiger partial charge on any atom is -0.465 e. The Labute approximate surface area is 201 Å². The monoisotopic (exact) mass is 483 g/mol. The fraction of sp³-hybridized carbons (Fsp3) is 0.583. The Morgan fingerprint density at radius 3 is 1.59 bits per heavy atom. The molecule has 34 heavy (non-hydrogen) atoms. The zero-order valence-electron chi connectivity index (χ0n) is 21.7. The van der Waals surface area contributed by atoms with Crippen LogP contribution in [0, 0.1) is 0 Å². The lowest BCUT2D eigenvalue weighted by molar-refractivity contribution is -0.0294. The molecular weight excluding hydrogens is 446 g/mol. The van der Waals surface area contributed by atoms with Gasteiger partial charge in [0, 0.05) is 6.54 Å². The highest BCUT2D eigenvalue weighted by Crippen LogP contribution is 2.12. The number of hydrogen-bond donors (Lipinski definition) is 1. The molecule has 0 unspecified atom stereocenters. The number of methoxy groups -OCH3 is 1. The van der Waals surface area contributed by atoms with Crippen LogP contribution in [-0.2, 0) is 30.2 Å². The van der Waals surface area contributed by atoms with Crippen molar-refractivity contribution in [2.75, 3.05) is 7.11 Å². The van der Waals surface area contributed by atoms with Crippen molar-refractivity contribution in [3.8, 4) is 0 Å². The van der Waals surface area contributed by atoms with Crippen LogP contribution in [0.3, 0.4) is 0 Å². The molecule has 0 saturated heterocycles. The van der Waals surface area contributed by atoms with E-state index in [9.17, 15) is 19.2 Å². The molecule has 0 fully saturated rings. The summed E-state index contributed by atoms with van der Waals surface area (Å²) >= 11 is 0. The average molecular weight is 484 g/mol. The van der Waals surface area contributed by atoms with E-state index < -0.39 is 41.2 Å². The summed E-state index contributed by atoms with van der Waals surface area (Å²) in [5.74, 6) is -0.429. The first-order valence-electron chi connectivity index (χ1n) is 10.6. The van der Waals surface area contributed by atoms with Gasteiger partial charge in [-0.05, 0) is 73.9 Å². The Morgan fingerprint density at radius 2 is 1.18 bits per heavy atom. The third-order valence-electron chi connectivity index (χ3n) is 3.19. The zero-order chi connectivity index (χ0) is 26.7. The highest BCUT2D eigenvalue weighted by molar-refractivity contribution is 5.91. The third kappa shape index (κ3) is 15.5. The van der Waals surface area contributed by atoms with Gasteiger partial charge in [0.1, 0.15) is 16.8 Å². The summed E-state index contributed by atoms with van der Waals surface area (Å²) in [5, 5.41) is 2.61. The molecule has 1 amide bonds.